The second kappa shape index (κ2) is 9.95. The molecule has 9 heteroatoms. The third-order valence-electron chi connectivity index (χ3n) is 5.90. The molecule has 0 aromatic heterocycles. The Hall–Kier alpha value is -3.59. The Balaban J connectivity index is 1.85. The first-order valence-electron chi connectivity index (χ1n) is 10.9. The number of ketones is 1. The number of nitrogens with one attached hydrogen (secondary N) is 1. The van der Waals surface area contributed by atoms with E-state index in [1.807, 2.05) is 12.1 Å². The van der Waals surface area contributed by atoms with Gasteiger partial charge in [-0.25, -0.2) is 9.59 Å². The molecule has 0 amide bonds. The number of carbonyl (C=O) groups excluding carboxylic acids is 3. The van der Waals surface area contributed by atoms with Gasteiger partial charge in [-0.3, -0.25) is 4.79 Å². The van der Waals surface area contributed by atoms with E-state index in [1.54, 1.807) is 38.1 Å². The van der Waals surface area contributed by atoms with Gasteiger partial charge in [0.1, 0.15) is 0 Å². The lowest BCUT2D eigenvalue weighted by molar-refractivity contribution is -0.145. The molecule has 0 bridgehead atoms. The highest BCUT2D eigenvalue weighted by atomic mass is 79.9. The van der Waals surface area contributed by atoms with Crippen LogP contribution in [-0.4, -0.2) is 45.2 Å². The Morgan fingerprint density at radius 3 is 2.46 bits per heavy atom. The lowest BCUT2D eigenvalue weighted by Gasteiger charge is -2.30. The molecule has 2 aromatic rings. The number of halogens is 1. The van der Waals surface area contributed by atoms with Gasteiger partial charge in [0.2, 0.25) is 0 Å². The van der Waals surface area contributed by atoms with Crippen LogP contribution in [0.1, 0.15) is 41.3 Å². The molecule has 8 nitrogen and oxygen atoms in total. The number of hydrogen-bond donors (Lipinski definition) is 1. The van der Waals surface area contributed by atoms with Crippen LogP contribution in [0.25, 0.3) is 5.70 Å². The Kier molecular flexibility index (Phi) is 6.98. The van der Waals surface area contributed by atoms with Gasteiger partial charge < -0.3 is 24.3 Å². The molecule has 1 heterocycles. The number of ether oxygens (including phenoxy) is 4. The van der Waals surface area contributed by atoms with Crippen molar-refractivity contribution in [1.29, 1.82) is 0 Å². The van der Waals surface area contributed by atoms with Crippen LogP contribution < -0.4 is 14.8 Å². The average Bonchev–Trinajstić information content (AvgIpc) is 3.13. The quantitative estimate of drug-likeness (QED) is 0.522. The maximum absolute atomic E-state index is 13.6. The summed E-state index contributed by atoms with van der Waals surface area (Å²) >= 11 is 3.57. The van der Waals surface area contributed by atoms with E-state index in [0.717, 1.165) is 5.56 Å². The van der Waals surface area contributed by atoms with Crippen molar-refractivity contribution in [2.45, 2.75) is 19.8 Å². The monoisotopic (exact) mass is 541 g/mol. The van der Waals surface area contributed by atoms with Gasteiger partial charge in [-0.1, -0.05) is 40.2 Å². The highest BCUT2D eigenvalue weighted by Gasteiger charge is 2.43. The van der Waals surface area contributed by atoms with E-state index in [-0.39, 0.29) is 19.0 Å². The van der Waals surface area contributed by atoms with Crippen molar-refractivity contribution in [3.8, 4) is 11.5 Å². The lowest BCUT2D eigenvalue weighted by atomic mass is 9.79. The fourth-order valence-corrected chi connectivity index (χ4v) is 4.96. The topological polar surface area (TPSA) is 100 Å². The van der Waals surface area contributed by atoms with Gasteiger partial charge in [-0.05, 0) is 31.5 Å². The van der Waals surface area contributed by atoms with Crippen molar-refractivity contribution in [1.82, 2.24) is 5.32 Å². The van der Waals surface area contributed by atoms with Crippen LogP contribution >= 0.6 is 15.9 Å². The zero-order valence-corrected chi connectivity index (χ0v) is 21.3. The second-order valence-corrected chi connectivity index (χ2v) is 8.72. The molecule has 2 aliphatic rings. The van der Waals surface area contributed by atoms with Gasteiger partial charge in [0.05, 0.1) is 38.0 Å². The van der Waals surface area contributed by atoms with Crippen molar-refractivity contribution in [3.63, 3.8) is 0 Å². The molecule has 182 valence electrons. The first kappa shape index (κ1) is 24.5. The molecular formula is C26H24BrNO7. The van der Waals surface area contributed by atoms with Gasteiger partial charge in [-0.15, -0.1) is 0 Å². The first-order chi connectivity index (χ1) is 16.8. The minimum Gasteiger partial charge on any atom is -0.493 e. The van der Waals surface area contributed by atoms with Crippen LogP contribution in [0.3, 0.4) is 0 Å². The fourth-order valence-electron chi connectivity index (χ4n) is 4.40. The van der Waals surface area contributed by atoms with Crippen LogP contribution in [0, 0.1) is 0 Å². The largest absolute Gasteiger partial charge is 0.493 e. The first-order valence-corrected chi connectivity index (χ1v) is 11.7. The summed E-state index contributed by atoms with van der Waals surface area (Å²) in [7, 11) is 2.77. The Bertz CT molecular complexity index is 1290. The van der Waals surface area contributed by atoms with Gasteiger partial charge in [0.15, 0.2) is 23.9 Å². The predicted molar refractivity (Wildman–Crippen MR) is 131 cm³/mol. The summed E-state index contributed by atoms with van der Waals surface area (Å²) in [6, 6.07) is 10.6. The number of hydrogen-bond acceptors (Lipinski definition) is 8. The molecule has 1 aliphatic carbocycles. The van der Waals surface area contributed by atoms with E-state index in [9.17, 15) is 14.4 Å². The molecule has 0 radical (unpaired) electrons. The van der Waals surface area contributed by atoms with Gasteiger partial charge in [0.25, 0.3) is 0 Å². The zero-order valence-electron chi connectivity index (χ0n) is 19.7. The fraction of sp³-hybridized carbons (Fsp3) is 0.269. The molecule has 0 unspecified atom stereocenters. The highest BCUT2D eigenvalue weighted by molar-refractivity contribution is 9.10. The molecule has 1 N–H and O–H groups in total. The molecule has 0 spiro atoms. The normalized spacial score (nSPS) is 16.4. The maximum Gasteiger partial charge on any atom is 0.344 e. The molecule has 0 fully saturated rings. The average molecular weight is 542 g/mol. The standard InChI is InChI=1S/C26H24BrNO7/c1-5-34-20(29)12-35-19-11-17(27)16(10-18(19)32-3)22-21(26(31)33-4)13(2)28-24-14-8-6-7-9-15(14)25(30)23(22)24/h6-11,22,28H,5,12H2,1-4H3/t22-/m1/s1. The Morgan fingerprint density at radius 2 is 1.80 bits per heavy atom. The highest BCUT2D eigenvalue weighted by Crippen LogP contribution is 2.50. The molecule has 1 atom stereocenters. The summed E-state index contributed by atoms with van der Waals surface area (Å²) in [4.78, 5) is 38.2. The summed E-state index contributed by atoms with van der Waals surface area (Å²) in [5.74, 6) is -1.33. The minimum absolute atomic E-state index is 0.171. The van der Waals surface area contributed by atoms with Crippen molar-refractivity contribution in [3.05, 3.63) is 74.4 Å². The molecule has 2 aromatic carbocycles. The summed E-state index contributed by atoms with van der Waals surface area (Å²) in [6.07, 6.45) is 0. The minimum atomic E-state index is -0.735. The zero-order chi connectivity index (χ0) is 25.3. The van der Waals surface area contributed by atoms with Crippen molar-refractivity contribution >= 4 is 39.3 Å². The number of allylic oxidation sites excluding steroid dienone is 2. The molecule has 0 saturated heterocycles. The number of esters is 2. The number of Topliss-reactive ketones (excluding diaryl/α,β-unsaturated/α-hetero) is 1. The van der Waals surface area contributed by atoms with Gasteiger partial charge in [0, 0.05) is 26.9 Å². The van der Waals surface area contributed by atoms with Gasteiger partial charge >= 0.3 is 11.9 Å². The van der Waals surface area contributed by atoms with Crippen LogP contribution in [-0.2, 0) is 19.1 Å². The number of benzene rings is 2. The van der Waals surface area contributed by atoms with Crippen LogP contribution in [0.4, 0.5) is 0 Å². The van der Waals surface area contributed by atoms with Crippen LogP contribution in [0.2, 0.25) is 0 Å². The molecule has 1 aliphatic heterocycles. The molecule has 4 rings (SSSR count). The maximum atomic E-state index is 13.6. The van der Waals surface area contributed by atoms with Gasteiger partial charge in [-0.2, -0.15) is 0 Å². The molecule has 35 heavy (non-hydrogen) atoms. The third-order valence-corrected chi connectivity index (χ3v) is 6.59. The van der Waals surface area contributed by atoms with Crippen molar-refractivity contribution < 1.29 is 33.3 Å². The van der Waals surface area contributed by atoms with E-state index in [0.29, 0.717) is 49.6 Å². The smallest absolute Gasteiger partial charge is 0.344 e. The molecular weight excluding hydrogens is 518 g/mol. The van der Waals surface area contributed by atoms with E-state index < -0.39 is 17.9 Å². The van der Waals surface area contributed by atoms with Crippen molar-refractivity contribution in [2.24, 2.45) is 0 Å². The third kappa shape index (κ3) is 4.32. The van der Waals surface area contributed by atoms with E-state index in [1.165, 1.54) is 14.2 Å². The van der Waals surface area contributed by atoms with Crippen LogP contribution in [0.15, 0.2) is 57.7 Å². The lowest BCUT2D eigenvalue weighted by Crippen LogP contribution is -2.29. The predicted octanol–water partition coefficient (Wildman–Crippen LogP) is 4.14. The molecule has 0 saturated carbocycles. The Labute approximate surface area is 211 Å². The Morgan fingerprint density at radius 1 is 1.09 bits per heavy atom. The van der Waals surface area contributed by atoms with E-state index in [2.05, 4.69) is 21.2 Å². The summed E-state index contributed by atoms with van der Waals surface area (Å²) in [6.45, 7) is 3.44. The number of fused-ring (bicyclic) bond motifs is 2. The summed E-state index contributed by atoms with van der Waals surface area (Å²) in [5, 5.41) is 3.25. The van der Waals surface area contributed by atoms with Crippen molar-refractivity contribution in [2.75, 3.05) is 27.4 Å². The number of methoxy groups -OCH3 is 2. The summed E-state index contributed by atoms with van der Waals surface area (Å²) in [5.41, 5.74) is 3.95. The number of dihydropyridines is 1. The van der Waals surface area contributed by atoms with E-state index in [4.69, 9.17) is 18.9 Å². The number of carbonyl (C=O) groups is 3. The summed E-state index contributed by atoms with van der Waals surface area (Å²) < 4.78 is 21.7. The SMILES string of the molecule is CCOC(=O)COc1cc(Br)c([C@@H]2C(C(=O)OC)=C(C)NC3=C2C(=O)c2ccccc23)cc1OC. The van der Waals surface area contributed by atoms with Crippen LogP contribution in [0.5, 0.6) is 11.5 Å². The second-order valence-electron chi connectivity index (χ2n) is 7.87. The van der Waals surface area contributed by atoms with E-state index >= 15 is 0 Å². The number of rotatable bonds is 7.